The summed E-state index contributed by atoms with van der Waals surface area (Å²) in [6.07, 6.45) is 8.54. The van der Waals surface area contributed by atoms with Gasteiger partial charge in [-0.3, -0.25) is 0 Å². The van der Waals surface area contributed by atoms with Gasteiger partial charge in [0.15, 0.2) is 6.00 Å². The second kappa shape index (κ2) is 4.39. The van der Waals surface area contributed by atoms with Crippen LogP contribution in [-0.4, -0.2) is 4.57 Å². The Bertz CT molecular complexity index is 208. The number of imidazole rings is 1. The Morgan fingerprint density at radius 3 is 2.91 bits per heavy atom. The lowest BCUT2D eigenvalue weighted by molar-refractivity contribution is -0.677. The molecule has 0 amide bonds. The van der Waals surface area contributed by atoms with Crippen molar-refractivity contribution in [1.29, 1.82) is 0 Å². The highest BCUT2D eigenvalue weighted by Gasteiger charge is 1.99. The van der Waals surface area contributed by atoms with Crippen LogP contribution >= 0.6 is 11.6 Å². The average molecular weight is 174 g/mol. The molecule has 0 fully saturated rings. The van der Waals surface area contributed by atoms with Gasteiger partial charge in [-0.25, -0.2) is 9.13 Å². The molecule has 1 heterocycles. The Hall–Kier alpha value is -0.500. The van der Waals surface area contributed by atoms with Crippen LogP contribution in [-0.2, 0) is 12.5 Å². The van der Waals surface area contributed by atoms with E-state index in [0.717, 1.165) is 6.54 Å². The van der Waals surface area contributed by atoms with Crippen molar-refractivity contribution in [2.24, 2.45) is 0 Å². The highest BCUT2D eigenvalue weighted by atomic mass is 35.5. The van der Waals surface area contributed by atoms with Crippen LogP contribution in [0.2, 0.25) is 0 Å². The van der Waals surface area contributed by atoms with Crippen molar-refractivity contribution in [2.75, 3.05) is 0 Å². The van der Waals surface area contributed by atoms with Crippen LogP contribution in [0.25, 0.3) is 0 Å². The van der Waals surface area contributed by atoms with E-state index < -0.39 is 0 Å². The molecule has 0 bridgehead atoms. The van der Waals surface area contributed by atoms with Gasteiger partial charge in [0.2, 0.25) is 6.33 Å². The average Bonchev–Trinajstić information content (AvgIpc) is 2.48. The first-order valence-electron chi connectivity index (χ1n) is 3.97. The van der Waals surface area contributed by atoms with Gasteiger partial charge in [-0.15, -0.1) is 0 Å². The number of aromatic nitrogens is 2. The molecule has 0 aromatic carbocycles. The zero-order valence-corrected chi connectivity index (χ0v) is 7.59. The SMILES string of the molecule is CCCCn1cc[n+](CCl)c1. The van der Waals surface area contributed by atoms with E-state index in [-0.39, 0.29) is 0 Å². The minimum Gasteiger partial charge on any atom is -0.237 e. The monoisotopic (exact) mass is 173 g/mol. The van der Waals surface area contributed by atoms with Gasteiger partial charge in [-0.2, -0.15) is 0 Å². The zero-order chi connectivity index (χ0) is 8.10. The molecule has 0 unspecified atom stereocenters. The number of alkyl halides is 1. The number of nitrogens with zero attached hydrogens (tertiary/aromatic N) is 2. The van der Waals surface area contributed by atoms with E-state index in [9.17, 15) is 0 Å². The Labute approximate surface area is 72.4 Å². The predicted molar refractivity (Wildman–Crippen MR) is 45.4 cm³/mol. The third kappa shape index (κ3) is 2.54. The number of hydrogen-bond acceptors (Lipinski definition) is 0. The van der Waals surface area contributed by atoms with E-state index in [2.05, 4.69) is 17.7 Å². The maximum absolute atomic E-state index is 5.62. The molecule has 0 aliphatic carbocycles. The molecule has 0 aliphatic rings. The van der Waals surface area contributed by atoms with Gasteiger partial charge in [0.05, 0.1) is 6.54 Å². The van der Waals surface area contributed by atoms with Crippen LogP contribution in [0.4, 0.5) is 0 Å². The summed E-state index contributed by atoms with van der Waals surface area (Å²) in [5.74, 6) is 0. The van der Waals surface area contributed by atoms with E-state index in [1.165, 1.54) is 12.8 Å². The summed E-state index contributed by atoms with van der Waals surface area (Å²) in [6, 6.07) is 0.541. The van der Waals surface area contributed by atoms with E-state index in [1.807, 2.05) is 17.1 Å². The number of aryl methyl sites for hydroxylation is 1. The summed E-state index contributed by atoms with van der Waals surface area (Å²) in [6.45, 7) is 3.29. The number of hydrogen-bond donors (Lipinski definition) is 0. The predicted octanol–water partition coefficient (Wildman–Crippen LogP) is 1.77. The van der Waals surface area contributed by atoms with Crippen LogP contribution in [0.5, 0.6) is 0 Å². The van der Waals surface area contributed by atoms with Gasteiger partial charge in [-0.1, -0.05) is 24.9 Å². The smallest absolute Gasteiger partial charge is 0.237 e. The summed E-state index contributed by atoms with van der Waals surface area (Å²) >= 11 is 5.62. The van der Waals surface area contributed by atoms with Gasteiger partial charge < -0.3 is 0 Å². The number of rotatable bonds is 4. The van der Waals surface area contributed by atoms with Crippen LogP contribution < -0.4 is 4.57 Å². The van der Waals surface area contributed by atoms with Crippen molar-refractivity contribution >= 4 is 11.6 Å². The van der Waals surface area contributed by atoms with Crippen molar-refractivity contribution in [2.45, 2.75) is 32.3 Å². The normalized spacial score (nSPS) is 10.4. The maximum atomic E-state index is 5.62. The lowest BCUT2D eigenvalue weighted by Gasteiger charge is -1.91. The van der Waals surface area contributed by atoms with E-state index in [4.69, 9.17) is 11.6 Å². The summed E-state index contributed by atoms with van der Waals surface area (Å²) in [5.41, 5.74) is 0. The van der Waals surface area contributed by atoms with Crippen molar-refractivity contribution in [3.05, 3.63) is 18.7 Å². The van der Waals surface area contributed by atoms with Gasteiger partial charge in [0, 0.05) is 0 Å². The molecule has 0 saturated heterocycles. The first kappa shape index (κ1) is 8.60. The molecule has 0 saturated carbocycles. The lowest BCUT2D eigenvalue weighted by Crippen LogP contribution is -2.27. The third-order valence-electron chi connectivity index (χ3n) is 1.65. The summed E-state index contributed by atoms with van der Waals surface area (Å²) in [5, 5.41) is 0. The van der Waals surface area contributed by atoms with Gasteiger partial charge in [0.25, 0.3) is 0 Å². The first-order valence-corrected chi connectivity index (χ1v) is 4.51. The molecule has 1 aromatic heterocycles. The lowest BCUT2D eigenvalue weighted by atomic mass is 10.3. The fourth-order valence-electron chi connectivity index (χ4n) is 0.982. The standard InChI is InChI=1S/C8H14ClN2/c1-2-3-4-10-5-6-11(7-9)8-10/h5-6,8H,2-4,7H2,1H3/q+1. The van der Waals surface area contributed by atoms with Gasteiger partial charge >= 0.3 is 0 Å². The zero-order valence-electron chi connectivity index (χ0n) is 6.83. The summed E-state index contributed by atoms with van der Waals surface area (Å²) in [4.78, 5) is 0. The molecular formula is C8H14ClN2+. The molecule has 1 aromatic rings. The Morgan fingerprint density at radius 2 is 2.36 bits per heavy atom. The molecule has 1 rings (SSSR count). The topological polar surface area (TPSA) is 8.81 Å². The minimum absolute atomic E-state index is 0.541. The maximum Gasteiger partial charge on any atom is 0.244 e. The minimum atomic E-state index is 0.541. The molecular weight excluding hydrogens is 160 g/mol. The molecule has 0 radical (unpaired) electrons. The molecule has 0 aliphatic heterocycles. The quantitative estimate of drug-likeness (QED) is 0.485. The molecule has 62 valence electrons. The van der Waals surface area contributed by atoms with Crippen molar-refractivity contribution in [3.8, 4) is 0 Å². The highest BCUT2D eigenvalue weighted by Crippen LogP contribution is 1.92. The van der Waals surface area contributed by atoms with Crippen molar-refractivity contribution < 1.29 is 4.57 Å². The van der Waals surface area contributed by atoms with Crippen LogP contribution in [0.3, 0.4) is 0 Å². The Balaban J connectivity index is 2.44. The van der Waals surface area contributed by atoms with E-state index in [1.54, 1.807) is 0 Å². The van der Waals surface area contributed by atoms with Crippen molar-refractivity contribution in [3.63, 3.8) is 0 Å². The second-order valence-electron chi connectivity index (χ2n) is 2.64. The molecule has 11 heavy (non-hydrogen) atoms. The summed E-state index contributed by atoms with van der Waals surface area (Å²) in [7, 11) is 0. The molecule has 0 atom stereocenters. The highest BCUT2D eigenvalue weighted by molar-refractivity contribution is 6.14. The van der Waals surface area contributed by atoms with E-state index >= 15 is 0 Å². The largest absolute Gasteiger partial charge is 0.244 e. The van der Waals surface area contributed by atoms with E-state index in [0.29, 0.717) is 6.00 Å². The van der Waals surface area contributed by atoms with Gasteiger partial charge in [0.1, 0.15) is 12.4 Å². The Morgan fingerprint density at radius 1 is 1.55 bits per heavy atom. The number of halogens is 1. The van der Waals surface area contributed by atoms with Crippen LogP contribution in [0.15, 0.2) is 18.7 Å². The second-order valence-corrected chi connectivity index (χ2v) is 2.88. The van der Waals surface area contributed by atoms with Crippen molar-refractivity contribution in [1.82, 2.24) is 4.57 Å². The fraction of sp³-hybridized carbons (Fsp3) is 0.625. The number of unbranched alkanes of at least 4 members (excludes halogenated alkanes) is 1. The molecule has 0 spiro atoms. The Kier molecular flexibility index (Phi) is 3.43. The molecule has 2 nitrogen and oxygen atoms in total. The van der Waals surface area contributed by atoms with Crippen LogP contribution in [0.1, 0.15) is 19.8 Å². The fourth-order valence-corrected chi connectivity index (χ4v) is 1.12. The third-order valence-corrected chi connectivity index (χ3v) is 1.93. The molecule has 3 heteroatoms. The summed E-state index contributed by atoms with van der Waals surface area (Å²) < 4.78 is 4.11. The van der Waals surface area contributed by atoms with Crippen LogP contribution in [0, 0.1) is 0 Å². The van der Waals surface area contributed by atoms with Gasteiger partial charge in [-0.05, 0) is 6.42 Å². The first-order chi connectivity index (χ1) is 5.36. The molecule has 0 N–H and O–H groups in total.